The SMILES string of the molecule is C=C/C(=C\C)c1ccc2c(ccc3c4ccc(C)cc4n(-c4ccccc4)c23)c1. The van der Waals surface area contributed by atoms with E-state index in [1.54, 1.807) is 0 Å². The van der Waals surface area contributed by atoms with Gasteiger partial charge in [-0.1, -0.05) is 73.3 Å². The smallest absolute Gasteiger partial charge is 0.0619 e. The molecule has 1 heteroatoms. The number of rotatable bonds is 3. The van der Waals surface area contributed by atoms with E-state index in [1.807, 2.05) is 6.08 Å². The van der Waals surface area contributed by atoms with E-state index in [0.717, 1.165) is 5.57 Å². The lowest BCUT2D eigenvalue weighted by atomic mass is 9.99. The summed E-state index contributed by atoms with van der Waals surface area (Å²) in [5, 5.41) is 5.09. The van der Waals surface area contributed by atoms with Crippen molar-refractivity contribution < 1.29 is 0 Å². The molecule has 5 aromatic rings. The van der Waals surface area contributed by atoms with Crippen LogP contribution >= 0.6 is 0 Å². The molecule has 0 atom stereocenters. The fourth-order valence-corrected chi connectivity index (χ4v) is 4.37. The maximum Gasteiger partial charge on any atom is 0.0619 e. The number of aromatic nitrogens is 1. The van der Waals surface area contributed by atoms with Crippen molar-refractivity contribution in [3.63, 3.8) is 0 Å². The molecule has 0 aliphatic rings. The van der Waals surface area contributed by atoms with Gasteiger partial charge in [-0.15, -0.1) is 0 Å². The molecular formula is C28H23N. The van der Waals surface area contributed by atoms with Crippen LogP contribution < -0.4 is 0 Å². The molecule has 4 aromatic carbocycles. The number of fused-ring (bicyclic) bond motifs is 5. The van der Waals surface area contributed by atoms with Gasteiger partial charge in [0.2, 0.25) is 0 Å². The average Bonchev–Trinajstić information content (AvgIpc) is 3.08. The van der Waals surface area contributed by atoms with Gasteiger partial charge in [0.1, 0.15) is 0 Å². The van der Waals surface area contributed by atoms with E-state index < -0.39 is 0 Å². The largest absolute Gasteiger partial charge is 0.309 e. The summed E-state index contributed by atoms with van der Waals surface area (Å²) in [4.78, 5) is 0. The molecule has 1 heterocycles. The van der Waals surface area contributed by atoms with Crippen LogP contribution in [0.1, 0.15) is 18.1 Å². The summed E-state index contributed by atoms with van der Waals surface area (Å²) in [7, 11) is 0. The number of allylic oxidation sites excluding steroid dienone is 3. The van der Waals surface area contributed by atoms with E-state index in [0.29, 0.717) is 0 Å². The van der Waals surface area contributed by atoms with E-state index in [-0.39, 0.29) is 0 Å². The Kier molecular flexibility index (Phi) is 4.10. The van der Waals surface area contributed by atoms with Crippen LogP contribution in [0, 0.1) is 6.92 Å². The maximum atomic E-state index is 3.96. The highest BCUT2D eigenvalue weighted by atomic mass is 15.0. The van der Waals surface area contributed by atoms with Gasteiger partial charge in [0.15, 0.2) is 0 Å². The first-order valence-corrected chi connectivity index (χ1v) is 10.0. The number of hydrogen-bond acceptors (Lipinski definition) is 0. The Balaban J connectivity index is 1.95. The minimum absolute atomic E-state index is 1.16. The third-order valence-electron chi connectivity index (χ3n) is 5.78. The van der Waals surface area contributed by atoms with Gasteiger partial charge in [-0.2, -0.15) is 0 Å². The van der Waals surface area contributed by atoms with E-state index in [2.05, 4.69) is 110 Å². The number of hydrogen-bond donors (Lipinski definition) is 0. The molecule has 0 aliphatic carbocycles. The van der Waals surface area contributed by atoms with Crippen LogP contribution in [0.15, 0.2) is 97.6 Å². The van der Waals surface area contributed by atoms with Crippen LogP contribution in [0.2, 0.25) is 0 Å². The summed E-state index contributed by atoms with van der Waals surface area (Å²) in [5.41, 5.74) is 7.34. The van der Waals surface area contributed by atoms with Crippen molar-refractivity contribution in [1.29, 1.82) is 0 Å². The van der Waals surface area contributed by atoms with Crippen LogP contribution in [-0.4, -0.2) is 4.57 Å². The van der Waals surface area contributed by atoms with Crippen LogP contribution in [0.25, 0.3) is 43.8 Å². The molecule has 0 spiro atoms. The second-order valence-corrected chi connectivity index (χ2v) is 7.54. The maximum absolute atomic E-state index is 3.96. The monoisotopic (exact) mass is 373 g/mol. The molecule has 0 saturated heterocycles. The molecule has 0 aliphatic heterocycles. The molecule has 0 N–H and O–H groups in total. The molecule has 0 bridgehead atoms. The van der Waals surface area contributed by atoms with E-state index in [9.17, 15) is 0 Å². The minimum atomic E-state index is 1.16. The first kappa shape index (κ1) is 17.5. The lowest BCUT2D eigenvalue weighted by molar-refractivity contribution is 1.18. The first-order chi connectivity index (χ1) is 14.2. The van der Waals surface area contributed by atoms with Gasteiger partial charge < -0.3 is 4.57 Å². The zero-order chi connectivity index (χ0) is 20.0. The molecule has 1 aromatic heterocycles. The van der Waals surface area contributed by atoms with Gasteiger partial charge in [0, 0.05) is 21.8 Å². The highest BCUT2D eigenvalue weighted by molar-refractivity contribution is 6.18. The second kappa shape index (κ2) is 6.79. The number of para-hydroxylation sites is 1. The van der Waals surface area contributed by atoms with Crippen LogP contribution in [-0.2, 0) is 0 Å². The van der Waals surface area contributed by atoms with Gasteiger partial charge in [0.25, 0.3) is 0 Å². The lowest BCUT2D eigenvalue weighted by Crippen LogP contribution is -1.94. The van der Waals surface area contributed by atoms with Crippen LogP contribution in [0.5, 0.6) is 0 Å². The van der Waals surface area contributed by atoms with E-state index in [4.69, 9.17) is 0 Å². The van der Waals surface area contributed by atoms with Crippen molar-refractivity contribution in [2.45, 2.75) is 13.8 Å². The van der Waals surface area contributed by atoms with Crippen molar-refractivity contribution in [3.8, 4) is 5.69 Å². The highest BCUT2D eigenvalue weighted by Crippen LogP contribution is 2.37. The molecule has 29 heavy (non-hydrogen) atoms. The summed E-state index contributed by atoms with van der Waals surface area (Å²) in [5.74, 6) is 0. The fraction of sp³-hybridized carbons (Fsp3) is 0.0714. The Morgan fingerprint density at radius 3 is 2.34 bits per heavy atom. The van der Waals surface area contributed by atoms with Gasteiger partial charge >= 0.3 is 0 Å². The molecule has 5 rings (SSSR count). The van der Waals surface area contributed by atoms with E-state index >= 15 is 0 Å². The highest BCUT2D eigenvalue weighted by Gasteiger charge is 2.15. The average molecular weight is 373 g/mol. The topological polar surface area (TPSA) is 4.93 Å². The molecule has 0 amide bonds. The van der Waals surface area contributed by atoms with E-state index in [1.165, 1.54) is 49.4 Å². The van der Waals surface area contributed by atoms with Crippen molar-refractivity contribution in [2.75, 3.05) is 0 Å². The molecular weight excluding hydrogens is 350 g/mol. The van der Waals surface area contributed by atoms with Gasteiger partial charge in [-0.3, -0.25) is 0 Å². The van der Waals surface area contributed by atoms with Crippen LogP contribution in [0.4, 0.5) is 0 Å². The third-order valence-corrected chi connectivity index (χ3v) is 5.78. The Hall–Kier alpha value is -3.58. The zero-order valence-electron chi connectivity index (χ0n) is 16.8. The normalized spacial score (nSPS) is 12.1. The summed E-state index contributed by atoms with van der Waals surface area (Å²) >= 11 is 0. The summed E-state index contributed by atoms with van der Waals surface area (Å²) in [6.07, 6.45) is 4.03. The van der Waals surface area contributed by atoms with Crippen molar-refractivity contribution >= 4 is 38.2 Å². The van der Waals surface area contributed by atoms with Crippen LogP contribution in [0.3, 0.4) is 0 Å². The molecule has 1 nitrogen and oxygen atoms in total. The quantitative estimate of drug-likeness (QED) is 0.284. The fourth-order valence-electron chi connectivity index (χ4n) is 4.37. The van der Waals surface area contributed by atoms with Crippen molar-refractivity contribution in [3.05, 3.63) is 109 Å². The predicted molar refractivity (Wildman–Crippen MR) is 127 cm³/mol. The summed E-state index contributed by atoms with van der Waals surface area (Å²) in [6, 6.07) is 28.6. The second-order valence-electron chi connectivity index (χ2n) is 7.54. The van der Waals surface area contributed by atoms with Gasteiger partial charge in [0.05, 0.1) is 11.0 Å². The van der Waals surface area contributed by atoms with Gasteiger partial charge in [-0.05, 0) is 60.2 Å². The standard InChI is InChI=1S/C28H23N/c1-4-20(5-2)21-12-15-24-22(18-21)13-16-26-25-14-11-19(3)17-27(25)29(28(24)26)23-9-7-6-8-10-23/h4-18H,1H2,2-3H3/b20-5+. The van der Waals surface area contributed by atoms with Gasteiger partial charge in [-0.25, -0.2) is 0 Å². The Morgan fingerprint density at radius 1 is 0.828 bits per heavy atom. The van der Waals surface area contributed by atoms with Crippen molar-refractivity contribution in [2.24, 2.45) is 0 Å². The summed E-state index contributed by atoms with van der Waals surface area (Å²) < 4.78 is 2.41. The minimum Gasteiger partial charge on any atom is -0.309 e. The summed E-state index contributed by atoms with van der Waals surface area (Å²) in [6.45, 7) is 8.17. The molecule has 0 saturated carbocycles. The Labute approximate surface area is 171 Å². The molecule has 0 fully saturated rings. The number of benzene rings is 4. The lowest BCUT2D eigenvalue weighted by Gasteiger charge is -2.11. The molecule has 0 radical (unpaired) electrons. The molecule has 140 valence electrons. The van der Waals surface area contributed by atoms with Crippen molar-refractivity contribution in [1.82, 2.24) is 4.57 Å². The Bertz CT molecular complexity index is 1420. The zero-order valence-corrected chi connectivity index (χ0v) is 16.8. The third kappa shape index (κ3) is 2.70. The number of nitrogens with zero attached hydrogens (tertiary/aromatic N) is 1. The predicted octanol–water partition coefficient (Wildman–Crippen LogP) is 7.83. The Morgan fingerprint density at radius 2 is 1.59 bits per heavy atom. The molecule has 0 unspecified atom stereocenters. The first-order valence-electron chi connectivity index (χ1n) is 10.0. The number of aryl methyl sites for hydroxylation is 1.